The predicted octanol–water partition coefficient (Wildman–Crippen LogP) is 8.50. The summed E-state index contributed by atoms with van der Waals surface area (Å²) in [7, 11) is 0. The Balaban J connectivity index is 0.994. The van der Waals surface area contributed by atoms with Crippen LogP contribution >= 0.6 is 0 Å². The van der Waals surface area contributed by atoms with Gasteiger partial charge in [0.05, 0.1) is 0 Å². The van der Waals surface area contributed by atoms with Crippen LogP contribution in [-0.4, -0.2) is 87.0 Å². The van der Waals surface area contributed by atoms with E-state index in [0.717, 1.165) is 22.2 Å². The molecule has 15 nitrogen and oxygen atoms in total. The summed E-state index contributed by atoms with van der Waals surface area (Å²) in [6.07, 6.45) is 0.260. The minimum atomic E-state index is -1.22. The monoisotopic (exact) mass is 919 g/mol. The molecule has 2 fully saturated rings. The Morgan fingerprint density at radius 3 is 1.48 bits per heavy atom. The van der Waals surface area contributed by atoms with Crippen LogP contribution in [-0.2, 0) is 28.7 Å². The molecule has 1 aromatic heterocycles. The molecule has 352 valence electrons. The van der Waals surface area contributed by atoms with Gasteiger partial charge in [0.15, 0.2) is 0 Å². The highest BCUT2D eigenvalue weighted by molar-refractivity contribution is 6.01. The normalized spacial score (nSPS) is 17.1. The number of anilines is 2. The summed E-state index contributed by atoms with van der Waals surface area (Å²) in [5, 5.41) is 11.9. The summed E-state index contributed by atoms with van der Waals surface area (Å²) in [6, 6.07) is 20.8. The molecule has 4 aromatic carbocycles. The lowest BCUT2D eigenvalue weighted by Gasteiger charge is -2.29. The van der Waals surface area contributed by atoms with Crippen LogP contribution in [0.4, 0.5) is 29.7 Å². The lowest BCUT2D eigenvalue weighted by molar-refractivity contribution is -0.138. The number of aromatic nitrogens is 1. The Labute approximate surface area is 386 Å². The number of carbonyl (C=O) groups is 6. The first-order valence-corrected chi connectivity index (χ1v) is 22.2. The second-order valence-electron chi connectivity index (χ2n) is 18.7. The van der Waals surface area contributed by atoms with E-state index in [-0.39, 0.29) is 13.1 Å². The lowest BCUT2D eigenvalue weighted by atomic mass is 10.0. The van der Waals surface area contributed by atoms with Crippen molar-refractivity contribution in [2.24, 2.45) is 0 Å². The maximum Gasteiger partial charge on any atom is 0.408 e. The standard InChI is InChI=1S/C50H55F2N7O8/c1-49(2,3)66-47(64)56-41(30-11-17-33(51)18-12-30)45(62)58-25-7-9-39(58)43(60)53-35-21-15-29(16-22-35)38-28-32-27-36(23-24-37(32)55-38)54-44(61)40-10-8-26-59(40)46(63)42(31-13-19-34(52)20-14-31)57-48(65)67-50(4,5)6/h11-24,27-28,39-42,55H,7-10,25-26H2,1-6H3,(H,53,60)(H,54,61)(H,56,64)(H,57,65)/t39-,40-,41+,42+/m0/s1. The number of amides is 6. The Kier molecular flexibility index (Phi) is 14.0. The molecule has 0 unspecified atom stereocenters. The molecule has 0 saturated carbocycles. The van der Waals surface area contributed by atoms with Crippen molar-refractivity contribution in [1.82, 2.24) is 25.4 Å². The number of aromatic amines is 1. The first-order chi connectivity index (χ1) is 31.7. The molecule has 0 aliphatic carbocycles. The van der Waals surface area contributed by atoms with E-state index in [4.69, 9.17) is 9.47 Å². The number of alkyl carbamates (subject to hydrolysis) is 2. The van der Waals surface area contributed by atoms with Crippen LogP contribution in [0, 0.1) is 11.6 Å². The smallest absolute Gasteiger partial charge is 0.408 e. The number of hydrogen-bond acceptors (Lipinski definition) is 8. The highest BCUT2D eigenvalue weighted by Crippen LogP contribution is 2.31. The molecule has 3 heterocycles. The fourth-order valence-electron chi connectivity index (χ4n) is 8.22. The zero-order valence-corrected chi connectivity index (χ0v) is 38.2. The molecule has 0 spiro atoms. The summed E-state index contributed by atoms with van der Waals surface area (Å²) in [5.74, 6) is -2.86. The average molecular weight is 920 g/mol. The van der Waals surface area contributed by atoms with E-state index < -0.39 is 82.8 Å². The second-order valence-corrected chi connectivity index (χ2v) is 18.7. The molecule has 7 rings (SSSR count). The number of nitrogens with one attached hydrogen (secondary N) is 5. The van der Waals surface area contributed by atoms with Crippen LogP contribution in [0.2, 0.25) is 0 Å². The van der Waals surface area contributed by atoms with Crippen molar-refractivity contribution in [1.29, 1.82) is 0 Å². The minimum Gasteiger partial charge on any atom is -0.444 e. The van der Waals surface area contributed by atoms with Crippen LogP contribution in [0.15, 0.2) is 97.1 Å². The van der Waals surface area contributed by atoms with Gasteiger partial charge in [-0.25, -0.2) is 18.4 Å². The number of likely N-dealkylation sites (tertiary alicyclic amines) is 2. The van der Waals surface area contributed by atoms with E-state index >= 15 is 0 Å². The Hall–Kier alpha value is -7.30. The van der Waals surface area contributed by atoms with Crippen molar-refractivity contribution in [3.63, 3.8) is 0 Å². The zero-order chi connectivity index (χ0) is 48.2. The molecule has 2 aliphatic rings. The van der Waals surface area contributed by atoms with Crippen molar-refractivity contribution in [3.05, 3.63) is 120 Å². The van der Waals surface area contributed by atoms with E-state index in [1.54, 1.807) is 59.7 Å². The highest BCUT2D eigenvalue weighted by atomic mass is 19.1. The van der Waals surface area contributed by atoms with Gasteiger partial charge in [-0.2, -0.15) is 0 Å². The van der Waals surface area contributed by atoms with Crippen molar-refractivity contribution >= 4 is 58.1 Å². The van der Waals surface area contributed by atoms with Crippen molar-refractivity contribution in [3.8, 4) is 11.3 Å². The van der Waals surface area contributed by atoms with Gasteiger partial charge in [0.1, 0.15) is 47.0 Å². The average Bonchev–Trinajstić information content (AvgIpc) is 4.05. The van der Waals surface area contributed by atoms with Crippen molar-refractivity contribution in [2.45, 2.75) is 103 Å². The molecule has 6 amide bonds. The van der Waals surface area contributed by atoms with Gasteiger partial charge in [-0.3, -0.25) is 19.2 Å². The van der Waals surface area contributed by atoms with E-state index in [2.05, 4.69) is 26.3 Å². The maximum atomic E-state index is 14.0. The van der Waals surface area contributed by atoms with Gasteiger partial charge in [-0.15, -0.1) is 0 Å². The molecule has 5 aromatic rings. The molecule has 0 bridgehead atoms. The van der Waals surface area contributed by atoms with Gasteiger partial charge in [0.25, 0.3) is 11.8 Å². The number of ether oxygens (including phenoxy) is 2. The summed E-state index contributed by atoms with van der Waals surface area (Å²) in [4.78, 5) is 87.4. The first kappa shape index (κ1) is 47.7. The topological polar surface area (TPSA) is 191 Å². The van der Waals surface area contributed by atoms with E-state index in [0.29, 0.717) is 48.2 Å². The number of carbonyl (C=O) groups excluding carboxylic acids is 6. The number of halogens is 2. The van der Waals surface area contributed by atoms with Crippen LogP contribution in [0.3, 0.4) is 0 Å². The minimum absolute atomic E-state index is 0.278. The number of fused-ring (bicyclic) bond motifs is 1. The number of nitrogens with zero attached hydrogens (tertiary/aromatic N) is 2. The Morgan fingerprint density at radius 2 is 1.03 bits per heavy atom. The zero-order valence-electron chi connectivity index (χ0n) is 38.2. The lowest BCUT2D eigenvalue weighted by Crippen LogP contribution is -2.49. The van der Waals surface area contributed by atoms with Gasteiger partial charge in [-0.1, -0.05) is 36.4 Å². The first-order valence-electron chi connectivity index (χ1n) is 22.2. The predicted molar refractivity (Wildman–Crippen MR) is 247 cm³/mol. The van der Waals surface area contributed by atoms with Gasteiger partial charge in [-0.05, 0) is 145 Å². The third-order valence-electron chi connectivity index (χ3n) is 11.3. The number of benzene rings is 4. The second kappa shape index (κ2) is 19.7. The molecule has 17 heteroatoms. The largest absolute Gasteiger partial charge is 0.444 e. The third-order valence-corrected chi connectivity index (χ3v) is 11.3. The Morgan fingerprint density at radius 1 is 0.597 bits per heavy atom. The molecule has 5 N–H and O–H groups in total. The van der Waals surface area contributed by atoms with Gasteiger partial charge < -0.3 is 45.5 Å². The molecular weight excluding hydrogens is 865 g/mol. The molecule has 67 heavy (non-hydrogen) atoms. The quantitative estimate of drug-likeness (QED) is 0.0871. The number of H-pyrrole nitrogens is 1. The summed E-state index contributed by atoms with van der Waals surface area (Å²) >= 11 is 0. The fraction of sp³-hybridized carbons (Fsp3) is 0.360. The van der Waals surface area contributed by atoms with Gasteiger partial charge in [0.2, 0.25) is 11.8 Å². The SMILES string of the molecule is CC(C)(C)OC(=O)N[C@@H](C(=O)N1CCC[C@H]1C(=O)Nc1ccc(-c2cc3cc(NC(=O)[C@@H]4CCCN4C(=O)[C@H](NC(=O)OC(C)(C)C)c4ccc(F)cc4)ccc3[nH]2)cc1)c1ccc(F)cc1. The molecule has 4 atom stereocenters. The highest BCUT2D eigenvalue weighted by Gasteiger charge is 2.40. The van der Waals surface area contributed by atoms with E-state index in [1.165, 1.54) is 58.3 Å². The van der Waals surface area contributed by atoms with E-state index in [9.17, 15) is 37.5 Å². The number of rotatable bonds is 11. The van der Waals surface area contributed by atoms with Crippen molar-refractivity contribution in [2.75, 3.05) is 23.7 Å². The maximum absolute atomic E-state index is 14.0. The third kappa shape index (κ3) is 11.9. The summed E-state index contributed by atoms with van der Waals surface area (Å²) in [6.45, 7) is 10.7. The van der Waals surface area contributed by atoms with Crippen molar-refractivity contribution < 1.29 is 47.0 Å². The van der Waals surface area contributed by atoms with E-state index in [1.807, 2.05) is 30.3 Å². The Bertz CT molecular complexity index is 2640. The fourth-order valence-corrected chi connectivity index (χ4v) is 8.22. The van der Waals surface area contributed by atoms with Crippen LogP contribution in [0.5, 0.6) is 0 Å². The van der Waals surface area contributed by atoms with Crippen LogP contribution in [0.25, 0.3) is 22.2 Å². The number of hydrogen-bond donors (Lipinski definition) is 5. The van der Waals surface area contributed by atoms with Gasteiger partial charge >= 0.3 is 12.2 Å². The van der Waals surface area contributed by atoms with Crippen LogP contribution < -0.4 is 21.3 Å². The summed E-state index contributed by atoms with van der Waals surface area (Å²) < 4.78 is 38.5. The summed E-state index contributed by atoms with van der Waals surface area (Å²) in [5.41, 5.74) is 2.39. The molecule has 2 aliphatic heterocycles. The molecule has 2 saturated heterocycles. The molecular formula is C50H55F2N7O8. The van der Waals surface area contributed by atoms with Crippen LogP contribution in [0.1, 0.15) is 90.4 Å². The van der Waals surface area contributed by atoms with Gasteiger partial charge in [0, 0.05) is 41.1 Å². The molecule has 0 radical (unpaired) electrons.